The lowest BCUT2D eigenvalue weighted by atomic mass is 10.1. The maximum Gasteiger partial charge on any atom is 0.267 e. The Bertz CT molecular complexity index is 972. The quantitative estimate of drug-likeness (QED) is 0.303. The summed E-state index contributed by atoms with van der Waals surface area (Å²) in [4.78, 5) is 26.4. The van der Waals surface area contributed by atoms with Crippen molar-refractivity contribution in [1.82, 2.24) is 15.7 Å². The molecule has 2 amide bonds. The number of carbonyl (C=O) groups excluding carboxylic acids is 2. The van der Waals surface area contributed by atoms with Crippen LogP contribution in [0.3, 0.4) is 0 Å². The fourth-order valence-corrected chi connectivity index (χ4v) is 3.29. The van der Waals surface area contributed by atoms with Gasteiger partial charge in [0.2, 0.25) is 0 Å². The number of benzene rings is 2. The molecule has 1 heterocycles. The van der Waals surface area contributed by atoms with Crippen LogP contribution in [0.25, 0.3) is 0 Å². The lowest BCUT2D eigenvalue weighted by Crippen LogP contribution is -2.54. The molecule has 2 aromatic carbocycles. The zero-order valence-electron chi connectivity index (χ0n) is 18.0. The molecule has 0 unspecified atom stereocenters. The Balaban J connectivity index is 1.58. The predicted molar refractivity (Wildman–Crippen MR) is 120 cm³/mol. The van der Waals surface area contributed by atoms with Crippen molar-refractivity contribution in [2.75, 3.05) is 26.3 Å². The van der Waals surface area contributed by atoms with E-state index in [-0.39, 0.29) is 0 Å². The zero-order chi connectivity index (χ0) is 22.9. The van der Waals surface area contributed by atoms with Gasteiger partial charge < -0.3 is 15.8 Å². The molecule has 1 fully saturated rings. The number of rotatable bonds is 6. The maximum absolute atomic E-state index is 12.4. The molecule has 0 saturated carbocycles. The Morgan fingerprint density at radius 1 is 1.06 bits per heavy atom. The summed E-state index contributed by atoms with van der Waals surface area (Å²) in [5.74, 6) is 4.98. The van der Waals surface area contributed by atoms with E-state index in [2.05, 4.69) is 34.2 Å². The first-order valence-electron chi connectivity index (χ1n) is 10.5. The van der Waals surface area contributed by atoms with Crippen LogP contribution in [0, 0.1) is 11.8 Å². The van der Waals surface area contributed by atoms with Gasteiger partial charge in [-0.2, -0.15) is 0 Å². The summed E-state index contributed by atoms with van der Waals surface area (Å²) in [7, 11) is 0. The number of hydrogen-bond acceptors (Lipinski definition) is 6. The van der Waals surface area contributed by atoms with Gasteiger partial charge in [-0.15, -0.1) is 0 Å². The van der Waals surface area contributed by atoms with E-state index in [0.717, 1.165) is 44.0 Å². The van der Waals surface area contributed by atoms with E-state index >= 15 is 0 Å². The molecule has 0 radical (unpaired) electrons. The highest BCUT2D eigenvalue weighted by Crippen LogP contribution is 2.09. The van der Waals surface area contributed by atoms with Gasteiger partial charge in [0.25, 0.3) is 11.8 Å². The third kappa shape index (κ3) is 6.64. The maximum atomic E-state index is 12.4. The summed E-state index contributed by atoms with van der Waals surface area (Å²) in [6, 6.07) is 13.2. The van der Waals surface area contributed by atoms with Gasteiger partial charge in [0, 0.05) is 42.4 Å². The summed E-state index contributed by atoms with van der Waals surface area (Å²) in [6.45, 7) is 5.95. The Morgan fingerprint density at radius 2 is 1.62 bits per heavy atom. The molecule has 8 nitrogen and oxygen atoms in total. The molecule has 32 heavy (non-hydrogen) atoms. The van der Waals surface area contributed by atoms with Crippen LogP contribution >= 0.6 is 0 Å². The van der Waals surface area contributed by atoms with Gasteiger partial charge in [0.05, 0.1) is 13.2 Å². The first-order chi connectivity index (χ1) is 15.5. The van der Waals surface area contributed by atoms with E-state index < -0.39 is 23.9 Å². The van der Waals surface area contributed by atoms with Crippen LogP contribution in [0.4, 0.5) is 0 Å². The Labute approximate surface area is 187 Å². The van der Waals surface area contributed by atoms with E-state index in [1.165, 1.54) is 11.0 Å². The lowest BCUT2D eigenvalue weighted by Gasteiger charge is -2.26. The van der Waals surface area contributed by atoms with E-state index in [9.17, 15) is 9.59 Å². The molecule has 2 aromatic rings. The molecular formula is C24H28N4O4. The van der Waals surface area contributed by atoms with E-state index in [0.29, 0.717) is 5.56 Å². The van der Waals surface area contributed by atoms with Gasteiger partial charge in [-0.25, -0.2) is 5.48 Å². The average molecular weight is 437 g/mol. The van der Waals surface area contributed by atoms with E-state index in [1.54, 1.807) is 31.2 Å². The summed E-state index contributed by atoms with van der Waals surface area (Å²) in [5, 5.41) is 11.3. The van der Waals surface area contributed by atoms with Crippen molar-refractivity contribution < 1.29 is 19.5 Å². The third-order valence-electron chi connectivity index (χ3n) is 5.17. The Kier molecular flexibility index (Phi) is 8.36. The van der Waals surface area contributed by atoms with Crippen molar-refractivity contribution >= 4 is 11.8 Å². The largest absolute Gasteiger partial charge is 0.379 e. The monoisotopic (exact) mass is 436 g/mol. The molecule has 2 atom stereocenters. The third-order valence-corrected chi connectivity index (χ3v) is 5.17. The molecule has 1 aliphatic heterocycles. The number of nitrogens with zero attached hydrogens (tertiary/aromatic N) is 1. The number of hydrogen-bond donors (Lipinski definition) is 4. The number of morpholine rings is 1. The predicted octanol–water partition coefficient (Wildman–Crippen LogP) is 0.870. The van der Waals surface area contributed by atoms with Crippen LogP contribution in [-0.2, 0) is 16.1 Å². The minimum absolute atomic E-state index is 0.361. The summed E-state index contributed by atoms with van der Waals surface area (Å²) < 4.78 is 5.38. The minimum atomic E-state index is -1.04. The first-order valence-corrected chi connectivity index (χ1v) is 10.5. The van der Waals surface area contributed by atoms with Crippen LogP contribution in [0.2, 0.25) is 0 Å². The van der Waals surface area contributed by atoms with E-state index in [4.69, 9.17) is 15.7 Å². The van der Waals surface area contributed by atoms with Crippen LogP contribution < -0.4 is 16.5 Å². The standard InChI is InChI=1S/C24H28N4O4/c1-17(25)22(24(30)27-31)26-23(29)21-10-8-19(9-11-21)3-2-18-4-6-20(7-5-18)16-28-12-14-32-15-13-28/h4-11,17,22,31H,12-16,25H2,1H3,(H,26,29)(H,27,30)/t17-,22+/m1/s1. The fourth-order valence-electron chi connectivity index (χ4n) is 3.29. The molecule has 1 saturated heterocycles. The van der Waals surface area contributed by atoms with Crippen molar-refractivity contribution in [2.24, 2.45) is 5.73 Å². The summed E-state index contributed by atoms with van der Waals surface area (Å²) in [6.07, 6.45) is 0. The Hall–Kier alpha value is -3.22. The number of ether oxygens (including phenoxy) is 1. The Morgan fingerprint density at radius 3 is 2.16 bits per heavy atom. The van der Waals surface area contributed by atoms with E-state index in [1.807, 2.05) is 12.1 Å². The van der Waals surface area contributed by atoms with Gasteiger partial charge in [-0.3, -0.25) is 19.7 Å². The number of amides is 2. The molecular weight excluding hydrogens is 408 g/mol. The molecule has 0 spiro atoms. The second-order valence-corrected chi connectivity index (χ2v) is 7.70. The average Bonchev–Trinajstić information content (AvgIpc) is 2.82. The second kappa shape index (κ2) is 11.4. The van der Waals surface area contributed by atoms with Gasteiger partial charge in [-0.1, -0.05) is 24.0 Å². The molecule has 168 valence electrons. The van der Waals surface area contributed by atoms with Gasteiger partial charge in [0.1, 0.15) is 6.04 Å². The summed E-state index contributed by atoms with van der Waals surface area (Å²) in [5.41, 5.74) is 10.5. The smallest absolute Gasteiger partial charge is 0.267 e. The number of nitrogens with one attached hydrogen (secondary N) is 2. The second-order valence-electron chi connectivity index (χ2n) is 7.70. The number of hydroxylamine groups is 1. The van der Waals surface area contributed by atoms with Crippen molar-refractivity contribution in [2.45, 2.75) is 25.6 Å². The molecule has 5 N–H and O–H groups in total. The molecule has 1 aliphatic rings. The lowest BCUT2D eigenvalue weighted by molar-refractivity contribution is -0.131. The van der Waals surface area contributed by atoms with Crippen molar-refractivity contribution in [3.63, 3.8) is 0 Å². The van der Waals surface area contributed by atoms with Crippen LogP contribution in [0.5, 0.6) is 0 Å². The zero-order valence-corrected chi connectivity index (χ0v) is 18.0. The van der Waals surface area contributed by atoms with Gasteiger partial charge >= 0.3 is 0 Å². The number of carbonyl (C=O) groups is 2. The fraction of sp³-hybridized carbons (Fsp3) is 0.333. The highest BCUT2D eigenvalue weighted by atomic mass is 16.5. The van der Waals surface area contributed by atoms with Crippen molar-refractivity contribution in [1.29, 1.82) is 0 Å². The molecule has 0 aromatic heterocycles. The van der Waals surface area contributed by atoms with Crippen molar-refractivity contribution in [3.05, 3.63) is 70.8 Å². The highest BCUT2D eigenvalue weighted by Gasteiger charge is 2.24. The molecule has 3 rings (SSSR count). The topological polar surface area (TPSA) is 117 Å². The summed E-state index contributed by atoms with van der Waals surface area (Å²) >= 11 is 0. The van der Waals surface area contributed by atoms with Crippen molar-refractivity contribution in [3.8, 4) is 11.8 Å². The van der Waals surface area contributed by atoms with Gasteiger partial charge in [-0.05, 0) is 48.9 Å². The number of nitrogens with two attached hydrogens (primary N) is 1. The van der Waals surface area contributed by atoms with Crippen LogP contribution in [0.1, 0.15) is 34.0 Å². The first kappa shape index (κ1) is 23.4. The highest BCUT2D eigenvalue weighted by molar-refractivity contribution is 5.97. The van der Waals surface area contributed by atoms with Crippen LogP contribution in [0.15, 0.2) is 48.5 Å². The molecule has 0 bridgehead atoms. The molecule has 0 aliphatic carbocycles. The molecule has 8 heteroatoms. The minimum Gasteiger partial charge on any atom is -0.379 e. The van der Waals surface area contributed by atoms with Crippen LogP contribution in [-0.4, -0.2) is 60.3 Å². The van der Waals surface area contributed by atoms with Gasteiger partial charge in [0.15, 0.2) is 0 Å². The SMILES string of the molecule is C[C@@H](N)[C@H](NC(=O)c1ccc(C#Cc2ccc(CN3CCOCC3)cc2)cc1)C(=O)NO. The normalized spacial score (nSPS) is 15.7.